The Balaban J connectivity index is 0.00000264. The molecule has 7 nitrogen and oxygen atoms in total. The molecule has 0 bridgehead atoms. The van der Waals surface area contributed by atoms with Crippen molar-refractivity contribution in [3.05, 3.63) is 24.2 Å². The van der Waals surface area contributed by atoms with Gasteiger partial charge in [-0.3, -0.25) is 4.99 Å². The Kier molecular flexibility index (Phi) is 8.34. The van der Waals surface area contributed by atoms with Crippen molar-refractivity contribution in [2.45, 2.75) is 31.8 Å². The van der Waals surface area contributed by atoms with Crippen molar-refractivity contribution in [3.8, 4) is 0 Å². The molecule has 1 aromatic rings. The van der Waals surface area contributed by atoms with Crippen molar-refractivity contribution >= 4 is 40.0 Å². The van der Waals surface area contributed by atoms with Gasteiger partial charge in [0.2, 0.25) is 10.0 Å². The summed E-state index contributed by atoms with van der Waals surface area (Å²) in [5, 5.41) is 6.42. The molecule has 1 fully saturated rings. The van der Waals surface area contributed by atoms with Gasteiger partial charge < -0.3 is 15.1 Å². The van der Waals surface area contributed by atoms with Gasteiger partial charge in [0, 0.05) is 19.6 Å². The van der Waals surface area contributed by atoms with Crippen molar-refractivity contribution in [2.24, 2.45) is 10.9 Å². The van der Waals surface area contributed by atoms with Crippen LogP contribution in [0.25, 0.3) is 0 Å². The number of hydrogen-bond donors (Lipinski definition) is 3. The highest BCUT2D eigenvalue weighted by molar-refractivity contribution is 14.0. The maximum absolute atomic E-state index is 11.4. The van der Waals surface area contributed by atoms with Gasteiger partial charge in [0.15, 0.2) is 5.96 Å². The van der Waals surface area contributed by atoms with Crippen molar-refractivity contribution in [2.75, 3.05) is 19.8 Å². The number of hydrogen-bond acceptors (Lipinski definition) is 4. The third-order valence-electron chi connectivity index (χ3n) is 3.79. The van der Waals surface area contributed by atoms with Crippen LogP contribution in [0.2, 0.25) is 0 Å². The fraction of sp³-hybridized carbons (Fsp3) is 0.643. The van der Waals surface area contributed by atoms with E-state index in [9.17, 15) is 8.42 Å². The number of guanidine groups is 1. The average molecular weight is 456 g/mol. The fourth-order valence-corrected chi connectivity index (χ4v) is 3.60. The zero-order valence-corrected chi connectivity index (χ0v) is 16.6. The lowest BCUT2D eigenvalue weighted by Crippen LogP contribution is -2.44. The Morgan fingerprint density at radius 1 is 1.39 bits per heavy atom. The summed E-state index contributed by atoms with van der Waals surface area (Å²) >= 11 is 0. The smallest absolute Gasteiger partial charge is 0.208 e. The first-order chi connectivity index (χ1) is 10.5. The van der Waals surface area contributed by atoms with E-state index in [1.807, 2.05) is 12.1 Å². The summed E-state index contributed by atoms with van der Waals surface area (Å²) < 4.78 is 30.7. The van der Waals surface area contributed by atoms with Gasteiger partial charge in [-0.15, -0.1) is 24.0 Å². The van der Waals surface area contributed by atoms with Crippen LogP contribution in [0.3, 0.4) is 0 Å². The topological polar surface area (TPSA) is 95.7 Å². The Labute approximate surface area is 154 Å². The Morgan fingerprint density at radius 3 is 2.78 bits per heavy atom. The van der Waals surface area contributed by atoms with Gasteiger partial charge in [0.25, 0.3) is 0 Å². The van der Waals surface area contributed by atoms with Gasteiger partial charge in [-0.05, 0) is 30.9 Å². The maximum atomic E-state index is 11.4. The molecule has 0 spiro atoms. The minimum atomic E-state index is -3.16. The second-order valence-electron chi connectivity index (χ2n) is 5.57. The first-order valence-corrected chi connectivity index (χ1v) is 9.31. The van der Waals surface area contributed by atoms with Crippen molar-refractivity contribution < 1.29 is 12.8 Å². The molecular formula is C14H25IN4O3S. The van der Waals surface area contributed by atoms with Crippen molar-refractivity contribution in [3.63, 3.8) is 0 Å². The van der Waals surface area contributed by atoms with Gasteiger partial charge >= 0.3 is 0 Å². The quantitative estimate of drug-likeness (QED) is 0.341. The van der Waals surface area contributed by atoms with E-state index < -0.39 is 10.0 Å². The number of rotatable bonds is 6. The molecule has 23 heavy (non-hydrogen) atoms. The molecule has 2 rings (SSSR count). The summed E-state index contributed by atoms with van der Waals surface area (Å²) in [6.07, 6.45) is 5.78. The summed E-state index contributed by atoms with van der Waals surface area (Å²) in [5.41, 5.74) is 0. The van der Waals surface area contributed by atoms with Gasteiger partial charge in [0.1, 0.15) is 5.76 Å². The van der Waals surface area contributed by atoms with E-state index in [-0.39, 0.29) is 35.9 Å². The minimum absolute atomic E-state index is 0. The highest BCUT2D eigenvalue weighted by Crippen LogP contribution is 2.25. The molecule has 3 N–H and O–H groups in total. The summed E-state index contributed by atoms with van der Waals surface area (Å²) in [5.74, 6) is 1.79. The lowest BCUT2D eigenvalue weighted by molar-refractivity contribution is 0.438. The number of nitrogens with one attached hydrogen (secondary N) is 3. The first kappa shape index (κ1) is 20.2. The van der Waals surface area contributed by atoms with Crippen LogP contribution in [0.4, 0.5) is 0 Å². The first-order valence-electron chi connectivity index (χ1n) is 7.42. The molecule has 1 aliphatic rings. The lowest BCUT2D eigenvalue weighted by Gasteiger charge is -2.21. The number of sulfonamides is 1. The molecule has 0 amide bonds. The maximum Gasteiger partial charge on any atom is 0.208 e. The second kappa shape index (κ2) is 9.48. The molecular weight excluding hydrogens is 431 g/mol. The molecule has 2 unspecified atom stereocenters. The van der Waals surface area contributed by atoms with Gasteiger partial charge in [0.05, 0.1) is 19.1 Å². The van der Waals surface area contributed by atoms with E-state index in [0.29, 0.717) is 19.0 Å². The summed E-state index contributed by atoms with van der Waals surface area (Å²) in [4.78, 5) is 4.16. The van der Waals surface area contributed by atoms with Gasteiger partial charge in [-0.1, -0.05) is 6.42 Å². The molecule has 1 aromatic heterocycles. The Hall–Kier alpha value is -0.810. The van der Waals surface area contributed by atoms with E-state index in [4.69, 9.17) is 4.42 Å². The van der Waals surface area contributed by atoms with Crippen LogP contribution in [0.1, 0.15) is 25.0 Å². The molecule has 0 radical (unpaired) electrons. The SMILES string of the molecule is CN=C(NCc1ccco1)NCC1CCCC1NS(C)(=O)=O.I. The highest BCUT2D eigenvalue weighted by atomic mass is 127. The Bertz CT molecular complexity index is 589. The largest absolute Gasteiger partial charge is 0.467 e. The highest BCUT2D eigenvalue weighted by Gasteiger charge is 2.29. The average Bonchev–Trinajstić information content (AvgIpc) is 3.09. The fourth-order valence-electron chi connectivity index (χ4n) is 2.74. The molecule has 0 aliphatic heterocycles. The molecule has 1 saturated carbocycles. The number of halogens is 1. The normalized spacial score (nSPS) is 21.7. The van der Waals surface area contributed by atoms with Crippen LogP contribution in [-0.4, -0.2) is 40.3 Å². The predicted molar refractivity (Wildman–Crippen MR) is 101 cm³/mol. The Morgan fingerprint density at radius 2 is 2.17 bits per heavy atom. The molecule has 2 atom stereocenters. The summed E-state index contributed by atoms with van der Waals surface area (Å²) in [7, 11) is -1.45. The van der Waals surface area contributed by atoms with Crippen LogP contribution in [-0.2, 0) is 16.6 Å². The van der Waals surface area contributed by atoms with Crippen LogP contribution in [0.5, 0.6) is 0 Å². The molecule has 0 aromatic carbocycles. The lowest BCUT2D eigenvalue weighted by atomic mass is 10.1. The van der Waals surface area contributed by atoms with Gasteiger partial charge in [-0.25, -0.2) is 13.1 Å². The number of aliphatic imine (C=N–C) groups is 1. The molecule has 1 heterocycles. The van der Waals surface area contributed by atoms with Crippen molar-refractivity contribution in [1.29, 1.82) is 0 Å². The van der Waals surface area contributed by atoms with Crippen LogP contribution >= 0.6 is 24.0 Å². The van der Waals surface area contributed by atoms with Gasteiger partial charge in [-0.2, -0.15) is 0 Å². The monoisotopic (exact) mass is 456 g/mol. The van der Waals surface area contributed by atoms with Crippen LogP contribution in [0.15, 0.2) is 27.8 Å². The zero-order chi connectivity index (χ0) is 16.0. The van der Waals surface area contributed by atoms with E-state index in [1.54, 1.807) is 13.3 Å². The summed E-state index contributed by atoms with van der Waals surface area (Å²) in [6.45, 7) is 1.24. The molecule has 9 heteroatoms. The molecule has 0 saturated heterocycles. The molecule has 1 aliphatic carbocycles. The predicted octanol–water partition coefficient (Wildman–Crippen LogP) is 1.28. The van der Waals surface area contributed by atoms with E-state index in [1.165, 1.54) is 6.26 Å². The number of furan rings is 1. The molecule has 132 valence electrons. The van der Waals surface area contributed by atoms with Crippen molar-refractivity contribution in [1.82, 2.24) is 15.4 Å². The van der Waals surface area contributed by atoms with E-state index in [2.05, 4.69) is 20.3 Å². The zero-order valence-electron chi connectivity index (χ0n) is 13.4. The third-order valence-corrected chi connectivity index (χ3v) is 4.52. The minimum Gasteiger partial charge on any atom is -0.467 e. The number of nitrogens with zero attached hydrogens (tertiary/aromatic N) is 1. The van der Waals surface area contributed by atoms with E-state index >= 15 is 0 Å². The third kappa shape index (κ3) is 7.08. The van der Waals surface area contributed by atoms with Crippen LogP contribution < -0.4 is 15.4 Å². The van der Waals surface area contributed by atoms with Crippen LogP contribution in [0, 0.1) is 5.92 Å². The second-order valence-corrected chi connectivity index (χ2v) is 7.35. The van der Waals surface area contributed by atoms with E-state index in [0.717, 1.165) is 25.0 Å². The summed E-state index contributed by atoms with van der Waals surface area (Å²) in [6, 6.07) is 3.74. The standard InChI is InChI=1S/C14H24N4O3S.HI/c1-15-14(17-10-12-6-4-8-21-12)16-9-11-5-3-7-13(11)18-22(2,19)20;/h4,6,8,11,13,18H,3,5,7,9-10H2,1-2H3,(H2,15,16,17);1H.